The highest BCUT2D eigenvalue weighted by molar-refractivity contribution is 7.09. The summed E-state index contributed by atoms with van der Waals surface area (Å²) < 4.78 is 10.5. The van der Waals surface area contributed by atoms with Crippen molar-refractivity contribution < 1.29 is 28.7 Å². The van der Waals surface area contributed by atoms with E-state index in [1.165, 1.54) is 25.6 Å². The van der Waals surface area contributed by atoms with Gasteiger partial charge in [0.1, 0.15) is 5.78 Å². The highest BCUT2D eigenvalue weighted by Crippen LogP contribution is 2.46. The third-order valence-electron chi connectivity index (χ3n) is 10.0. The van der Waals surface area contributed by atoms with Gasteiger partial charge >= 0.3 is 11.9 Å². The van der Waals surface area contributed by atoms with E-state index in [4.69, 9.17) is 32.7 Å². The first-order valence-corrected chi connectivity index (χ1v) is 17.6. The number of fused-ring (bicyclic) bond motifs is 1. The van der Waals surface area contributed by atoms with Gasteiger partial charge in [-0.2, -0.15) is 0 Å². The van der Waals surface area contributed by atoms with Gasteiger partial charge in [-0.3, -0.25) is 14.5 Å². The number of hydrogen-bond donors (Lipinski definition) is 1. The second kappa shape index (κ2) is 14.5. The molecule has 4 aliphatic rings. The smallest absolute Gasteiger partial charge is 0.336 e. The van der Waals surface area contributed by atoms with Crippen LogP contribution in [0.25, 0.3) is 0 Å². The molecule has 47 heavy (non-hydrogen) atoms. The second-order valence-corrected chi connectivity index (χ2v) is 14.4. The zero-order valence-corrected chi connectivity index (χ0v) is 28.8. The largest absolute Gasteiger partial charge is 0.466 e. The van der Waals surface area contributed by atoms with E-state index in [1.807, 2.05) is 10.3 Å². The molecule has 0 bridgehead atoms. The number of amides is 1. The Kier molecular flexibility index (Phi) is 10.4. The molecular weight excluding hydrogens is 663 g/mol. The van der Waals surface area contributed by atoms with Crippen molar-refractivity contribution in [2.24, 2.45) is 11.8 Å². The molecule has 1 aromatic carbocycles. The Hall–Kier alpha value is -3.25. The summed E-state index contributed by atoms with van der Waals surface area (Å²) in [6, 6.07) is 5.42. The molecule has 13 heteroatoms. The number of methoxy groups -OCH3 is 2. The van der Waals surface area contributed by atoms with Gasteiger partial charge in [-0.05, 0) is 43.2 Å². The molecule has 0 radical (unpaired) electrons. The van der Waals surface area contributed by atoms with E-state index < -0.39 is 17.9 Å². The minimum absolute atomic E-state index is 0.0833. The fourth-order valence-corrected chi connectivity index (χ4v) is 9.01. The molecule has 3 unspecified atom stereocenters. The summed E-state index contributed by atoms with van der Waals surface area (Å²) in [6.07, 6.45) is 5.99. The third kappa shape index (κ3) is 6.99. The molecule has 2 aliphatic carbocycles. The molecule has 250 valence electrons. The number of benzene rings is 1. The molecule has 6 rings (SSSR count). The lowest BCUT2D eigenvalue weighted by Gasteiger charge is -2.39. The van der Waals surface area contributed by atoms with Crippen LogP contribution in [0.3, 0.4) is 0 Å². The highest BCUT2D eigenvalue weighted by Gasteiger charge is 2.44. The number of hydrogen-bond acceptors (Lipinski definition) is 10. The quantitative estimate of drug-likeness (QED) is 0.364. The van der Waals surface area contributed by atoms with Gasteiger partial charge in [-0.1, -0.05) is 29.3 Å². The lowest BCUT2D eigenvalue weighted by atomic mass is 9.78. The Bertz CT molecular complexity index is 1580. The average Bonchev–Trinajstić information content (AvgIpc) is 3.80. The Balaban J connectivity index is 1.29. The first-order chi connectivity index (χ1) is 22.7. The minimum atomic E-state index is -1.04. The number of rotatable bonds is 9. The fourth-order valence-electron chi connectivity index (χ4n) is 7.78. The summed E-state index contributed by atoms with van der Waals surface area (Å²) in [4.78, 5) is 61.6. The monoisotopic (exact) mass is 700 g/mol. The number of nitrogens with zero attached hydrogens (tertiary/aromatic N) is 3. The Morgan fingerprint density at radius 1 is 0.936 bits per heavy atom. The van der Waals surface area contributed by atoms with Crippen LogP contribution < -0.4 is 5.32 Å². The number of Topliss-reactive ketones (excluding diaryl/α,β-unsaturated/α-hetero) is 1. The van der Waals surface area contributed by atoms with Crippen LogP contribution in [0.15, 0.2) is 52.3 Å². The maximum absolute atomic E-state index is 13.9. The lowest BCUT2D eigenvalue weighted by Crippen LogP contribution is -2.52. The number of ether oxygens (including phenoxy) is 2. The number of aryl methyl sites for hydroxylation is 1. The number of carbonyl (C=O) groups is 4. The maximum atomic E-state index is 13.9. The average molecular weight is 702 g/mol. The molecule has 2 aromatic rings. The second-order valence-electron chi connectivity index (χ2n) is 12.6. The summed E-state index contributed by atoms with van der Waals surface area (Å²) in [6.45, 7) is 2.63. The van der Waals surface area contributed by atoms with E-state index in [0.717, 1.165) is 30.9 Å². The molecule has 3 atom stereocenters. The van der Waals surface area contributed by atoms with Gasteiger partial charge in [-0.25, -0.2) is 14.6 Å². The fraction of sp³-hybridized carbons (Fsp3) is 0.500. The predicted octanol–water partition coefficient (Wildman–Crippen LogP) is 4.92. The molecule has 3 heterocycles. The van der Waals surface area contributed by atoms with Gasteiger partial charge in [-0.15, -0.1) is 11.3 Å². The molecule has 10 nitrogen and oxygen atoms in total. The molecule has 0 spiro atoms. The van der Waals surface area contributed by atoms with E-state index >= 15 is 0 Å². The van der Waals surface area contributed by atoms with Crippen molar-refractivity contribution >= 4 is 58.2 Å². The first kappa shape index (κ1) is 33.6. The lowest BCUT2D eigenvalue weighted by molar-refractivity contribution is -0.137. The van der Waals surface area contributed by atoms with Crippen molar-refractivity contribution in [1.29, 1.82) is 0 Å². The van der Waals surface area contributed by atoms with Gasteiger partial charge in [0, 0.05) is 90.1 Å². The van der Waals surface area contributed by atoms with Crippen LogP contribution in [-0.4, -0.2) is 84.9 Å². The van der Waals surface area contributed by atoms with Crippen LogP contribution in [0.4, 0.5) is 0 Å². The van der Waals surface area contributed by atoms with Gasteiger partial charge in [0.15, 0.2) is 0 Å². The van der Waals surface area contributed by atoms with Crippen molar-refractivity contribution in [2.45, 2.75) is 56.9 Å². The molecule has 1 aromatic heterocycles. The number of halogens is 2. The SMILES string of the molecule is COC(=O)C1=C(CCc2nccs2)NC(CC(=O)N2CCN(C3CC4CC(=O)CC4C3)CC2)=C(C(=O)OC)C1c1c(Cl)cccc1Cl. The standard InChI is InChI=1S/C34H38Cl2N4O6S/c1-45-33(43)30-25(6-7-27-37-8-13-47-27)38-26(31(34(44)46-2)32(30)29-23(35)4-3-5-24(29)36)18-28(42)40-11-9-39(10-12-40)21-14-19-16-22(41)17-20(19)15-21/h3-5,8,13,19-21,32,38H,6-7,9-12,14-18H2,1-2H3. The molecule has 3 fully saturated rings. The van der Waals surface area contributed by atoms with Gasteiger partial charge in [0.2, 0.25) is 5.91 Å². The summed E-state index contributed by atoms with van der Waals surface area (Å²) in [5.41, 5.74) is 1.44. The Labute approximate surface area is 288 Å². The molecule has 1 saturated heterocycles. The van der Waals surface area contributed by atoms with Crippen molar-refractivity contribution in [2.75, 3.05) is 40.4 Å². The van der Waals surface area contributed by atoms with Crippen LogP contribution in [0.1, 0.15) is 55.0 Å². The summed E-state index contributed by atoms with van der Waals surface area (Å²) in [5.74, 6) is -1.16. The molecule has 2 saturated carbocycles. The maximum Gasteiger partial charge on any atom is 0.336 e. The van der Waals surface area contributed by atoms with E-state index in [1.54, 1.807) is 24.4 Å². The number of piperazine rings is 1. The van der Waals surface area contributed by atoms with Crippen molar-refractivity contribution in [3.05, 3.63) is 72.9 Å². The summed E-state index contributed by atoms with van der Waals surface area (Å²) >= 11 is 14.9. The number of nitrogens with one attached hydrogen (secondary N) is 1. The van der Waals surface area contributed by atoms with Crippen LogP contribution in [0, 0.1) is 11.8 Å². The van der Waals surface area contributed by atoms with Crippen molar-refractivity contribution in [3.63, 3.8) is 0 Å². The van der Waals surface area contributed by atoms with Gasteiger partial charge in [0.25, 0.3) is 0 Å². The van der Waals surface area contributed by atoms with E-state index in [9.17, 15) is 19.2 Å². The van der Waals surface area contributed by atoms with Crippen LogP contribution in [0.5, 0.6) is 0 Å². The van der Waals surface area contributed by atoms with Crippen LogP contribution in [-0.2, 0) is 35.1 Å². The third-order valence-corrected chi connectivity index (χ3v) is 11.5. The summed E-state index contributed by atoms with van der Waals surface area (Å²) in [7, 11) is 2.53. The van der Waals surface area contributed by atoms with E-state index in [0.29, 0.717) is 79.4 Å². The molecular formula is C34H38Cl2N4O6S. The highest BCUT2D eigenvalue weighted by atomic mass is 35.5. The zero-order chi connectivity index (χ0) is 33.2. The topological polar surface area (TPSA) is 118 Å². The number of dihydropyridines is 1. The van der Waals surface area contributed by atoms with Gasteiger partial charge < -0.3 is 19.7 Å². The van der Waals surface area contributed by atoms with E-state index in [2.05, 4.69) is 15.2 Å². The Morgan fingerprint density at radius 3 is 2.13 bits per heavy atom. The van der Waals surface area contributed by atoms with Crippen LogP contribution >= 0.6 is 34.5 Å². The number of ketones is 1. The van der Waals surface area contributed by atoms with E-state index in [-0.39, 0.29) is 33.5 Å². The number of esters is 2. The number of aromatic nitrogens is 1. The van der Waals surface area contributed by atoms with Gasteiger partial charge in [0.05, 0.1) is 42.7 Å². The normalized spacial score (nSPS) is 24.8. The zero-order valence-electron chi connectivity index (χ0n) is 26.4. The first-order valence-electron chi connectivity index (χ1n) is 15.9. The molecule has 1 amide bonds. The molecule has 2 aliphatic heterocycles. The predicted molar refractivity (Wildman–Crippen MR) is 178 cm³/mol. The van der Waals surface area contributed by atoms with Crippen LogP contribution in [0.2, 0.25) is 10.0 Å². The van der Waals surface area contributed by atoms with Crippen molar-refractivity contribution in [3.8, 4) is 0 Å². The summed E-state index contributed by atoms with van der Waals surface area (Å²) in [5, 5.41) is 6.56. The molecule has 1 N–H and O–H groups in total. The number of allylic oxidation sites excluding steroid dienone is 1. The van der Waals surface area contributed by atoms with Crippen molar-refractivity contribution in [1.82, 2.24) is 20.1 Å². The number of thiazole rings is 1. The Morgan fingerprint density at radius 2 is 1.55 bits per heavy atom. The number of carbonyl (C=O) groups excluding carboxylic acids is 4. The minimum Gasteiger partial charge on any atom is -0.466 e.